The van der Waals surface area contributed by atoms with E-state index in [4.69, 9.17) is 4.74 Å². The Morgan fingerprint density at radius 2 is 2.06 bits per heavy atom. The number of nitrogens with zero attached hydrogens (tertiary/aromatic N) is 6. The van der Waals surface area contributed by atoms with Crippen LogP contribution in [-0.2, 0) is 29.0 Å². The highest BCUT2D eigenvalue weighted by Crippen LogP contribution is 2.21. The van der Waals surface area contributed by atoms with Gasteiger partial charge in [0.05, 0.1) is 23.9 Å². The molecule has 1 aromatic carbocycles. The molecule has 0 radical (unpaired) electrons. The number of hydrazine groups is 1. The van der Waals surface area contributed by atoms with E-state index in [0.717, 1.165) is 62.5 Å². The normalized spacial score (nSPS) is 18.1. The standard InChI is InChI=1S/C23H27N7O3/c31-22(13-19-3-4-20(14-24-19)30-16-25-26-27-30)29-8-1-7-28(10-11-29)9-6-17-2-5-21-18(12-17)15-33-23(21)32/h2-5,12,14H,1,6-11,13,15-16H2,(H,25,27). The van der Waals surface area contributed by atoms with Crippen molar-refractivity contribution in [3.8, 4) is 0 Å². The van der Waals surface area contributed by atoms with Crippen LogP contribution in [0, 0.1) is 0 Å². The van der Waals surface area contributed by atoms with Gasteiger partial charge < -0.3 is 14.5 Å². The van der Waals surface area contributed by atoms with Gasteiger partial charge in [-0.25, -0.2) is 9.80 Å². The van der Waals surface area contributed by atoms with Gasteiger partial charge in [-0.15, -0.1) is 5.11 Å². The van der Waals surface area contributed by atoms with Crippen LogP contribution in [0.4, 0.5) is 5.69 Å². The van der Waals surface area contributed by atoms with Gasteiger partial charge in [-0.3, -0.25) is 9.78 Å². The lowest BCUT2D eigenvalue weighted by atomic mass is 10.0. The number of rotatable bonds is 6. The molecule has 172 valence electrons. The number of cyclic esters (lactones) is 1. The zero-order valence-electron chi connectivity index (χ0n) is 18.4. The Morgan fingerprint density at radius 1 is 1.12 bits per heavy atom. The Bertz CT molecular complexity index is 1050. The Labute approximate surface area is 192 Å². The third-order valence-corrected chi connectivity index (χ3v) is 6.30. The lowest BCUT2D eigenvalue weighted by Crippen LogP contribution is -2.36. The van der Waals surface area contributed by atoms with Gasteiger partial charge in [0.2, 0.25) is 5.91 Å². The van der Waals surface area contributed by atoms with Crippen molar-refractivity contribution in [1.82, 2.24) is 20.3 Å². The topological polar surface area (TPSA) is 103 Å². The number of carbonyl (C=O) groups excluding carboxylic acids is 2. The van der Waals surface area contributed by atoms with E-state index in [0.29, 0.717) is 25.3 Å². The summed E-state index contributed by atoms with van der Waals surface area (Å²) in [6.07, 6.45) is 3.91. The van der Waals surface area contributed by atoms with Crippen LogP contribution in [0.15, 0.2) is 46.9 Å². The molecule has 3 aliphatic rings. The molecule has 0 bridgehead atoms. The number of fused-ring (bicyclic) bond motifs is 1. The molecule has 3 aliphatic heterocycles. The molecule has 0 aliphatic carbocycles. The SMILES string of the molecule is O=C1OCc2cc(CCN3CCCN(C(=O)Cc4ccc(N5CN=NN5)cn4)CC3)ccc21. The van der Waals surface area contributed by atoms with Crippen molar-refractivity contribution in [2.45, 2.75) is 25.9 Å². The van der Waals surface area contributed by atoms with Gasteiger partial charge in [0, 0.05) is 37.4 Å². The average molecular weight is 450 g/mol. The fourth-order valence-corrected chi connectivity index (χ4v) is 4.37. The summed E-state index contributed by atoms with van der Waals surface area (Å²) in [5, 5.41) is 9.37. The third kappa shape index (κ3) is 4.95. The zero-order chi connectivity index (χ0) is 22.6. The molecular formula is C23H27N7O3. The first-order chi connectivity index (χ1) is 16.2. The van der Waals surface area contributed by atoms with Crippen molar-refractivity contribution in [2.24, 2.45) is 10.3 Å². The lowest BCUT2D eigenvalue weighted by molar-refractivity contribution is -0.130. The molecule has 0 spiro atoms. The molecule has 1 saturated heterocycles. The number of hydrogen-bond donors (Lipinski definition) is 1. The minimum atomic E-state index is -0.226. The van der Waals surface area contributed by atoms with Gasteiger partial charge in [0.15, 0.2) is 6.67 Å². The fourth-order valence-electron chi connectivity index (χ4n) is 4.37. The van der Waals surface area contributed by atoms with E-state index in [-0.39, 0.29) is 11.9 Å². The summed E-state index contributed by atoms with van der Waals surface area (Å²) in [7, 11) is 0. The largest absolute Gasteiger partial charge is 0.457 e. The molecule has 10 nitrogen and oxygen atoms in total. The van der Waals surface area contributed by atoms with E-state index in [9.17, 15) is 9.59 Å². The minimum absolute atomic E-state index is 0.115. The van der Waals surface area contributed by atoms with Crippen molar-refractivity contribution < 1.29 is 14.3 Å². The monoisotopic (exact) mass is 449 g/mol. The number of ether oxygens (including phenoxy) is 1. The molecule has 0 saturated carbocycles. The molecule has 1 fully saturated rings. The van der Waals surface area contributed by atoms with Gasteiger partial charge >= 0.3 is 5.97 Å². The van der Waals surface area contributed by atoms with Crippen molar-refractivity contribution in [2.75, 3.05) is 44.4 Å². The van der Waals surface area contributed by atoms with Crippen LogP contribution in [0.3, 0.4) is 0 Å². The van der Waals surface area contributed by atoms with Gasteiger partial charge in [0.1, 0.15) is 6.61 Å². The highest BCUT2D eigenvalue weighted by molar-refractivity contribution is 5.93. The number of nitrogens with one attached hydrogen (secondary N) is 1. The molecule has 0 unspecified atom stereocenters. The molecule has 33 heavy (non-hydrogen) atoms. The zero-order valence-corrected chi connectivity index (χ0v) is 18.4. The number of aromatic nitrogens is 1. The number of amides is 1. The predicted molar refractivity (Wildman–Crippen MR) is 120 cm³/mol. The third-order valence-electron chi connectivity index (χ3n) is 6.30. The first-order valence-corrected chi connectivity index (χ1v) is 11.3. The molecule has 1 aromatic heterocycles. The van der Waals surface area contributed by atoms with Crippen LogP contribution in [-0.4, -0.2) is 66.1 Å². The molecule has 1 N–H and O–H groups in total. The fraction of sp³-hybridized carbons (Fsp3) is 0.435. The van der Waals surface area contributed by atoms with Crippen LogP contribution in [0.2, 0.25) is 0 Å². The predicted octanol–water partition coefficient (Wildman–Crippen LogP) is 1.72. The van der Waals surface area contributed by atoms with Gasteiger partial charge in [0.25, 0.3) is 0 Å². The lowest BCUT2D eigenvalue weighted by Gasteiger charge is -2.22. The van der Waals surface area contributed by atoms with Gasteiger partial charge in [-0.1, -0.05) is 17.4 Å². The summed E-state index contributed by atoms with van der Waals surface area (Å²) in [6, 6.07) is 9.77. The van der Waals surface area contributed by atoms with E-state index in [1.807, 2.05) is 29.2 Å². The number of carbonyl (C=O) groups is 2. The Kier molecular flexibility index (Phi) is 6.16. The minimum Gasteiger partial charge on any atom is -0.457 e. The van der Waals surface area contributed by atoms with Gasteiger partial charge in [-0.05, 0) is 43.1 Å². The van der Waals surface area contributed by atoms with Gasteiger partial charge in [-0.2, -0.15) is 5.53 Å². The number of benzene rings is 1. The summed E-state index contributed by atoms with van der Waals surface area (Å²) in [5.41, 5.74) is 7.29. The molecule has 10 heteroatoms. The van der Waals surface area contributed by atoms with Crippen molar-refractivity contribution in [3.05, 3.63) is 58.9 Å². The highest BCUT2D eigenvalue weighted by Gasteiger charge is 2.22. The van der Waals surface area contributed by atoms with E-state index in [1.165, 1.54) is 5.56 Å². The van der Waals surface area contributed by atoms with Crippen LogP contribution >= 0.6 is 0 Å². The molecule has 4 heterocycles. The van der Waals surface area contributed by atoms with E-state index < -0.39 is 0 Å². The second-order valence-corrected chi connectivity index (χ2v) is 8.49. The quantitative estimate of drug-likeness (QED) is 0.670. The Balaban J connectivity index is 1.09. The van der Waals surface area contributed by atoms with Crippen LogP contribution in [0.25, 0.3) is 0 Å². The second-order valence-electron chi connectivity index (χ2n) is 8.49. The second kappa shape index (κ2) is 9.53. The molecular weight excluding hydrogens is 422 g/mol. The number of anilines is 1. The van der Waals surface area contributed by atoms with Crippen LogP contribution in [0.1, 0.15) is 33.6 Å². The number of pyridine rings is 1. The Morgan fingerprint density at radius 3 is 2.88 bits per heavy atom. The van der Waals surface area contributed by atoms with Crippen LogP contribution in [0.5, 0.6) is 0 Å². The molecule has 1 amide bonds. The van der Waals surface area contributed by atoms with E-state index >= 15 is 0 Å². The summed E-state index contributed by atoms with van der Waals surface area (Å²) in [5.74, 6) is -0.111. The summed E-state index contributed by atoms with van der Waals surface area (Å²) >= 11 is 0. The number of hydrogen-bond acceptors (Lipinski definition) is 9. The van der Waals surface area contributed by atoms with Crippen molar-refractivity contribution in [3.63, 3.8) is 0 Å². The maximum Gasteiger partial charge on any atom is 0.338 e. The van der Waals surface area contributed by atoms with Crippen molar-refractivity contribution in [1.29, 1.82) is 0 Å². The Hall–Kier alpha value is -3.53. The molecule has 5 rings (SSSR count). The van der Waals surface area contributed by atoms with E-state index in [2.05, 4.69) is 31.8 Å². The first kappa shape index (κ1) is 21.3. The maximum atomic E-state index is 12.9. The summed E-state index contributed by atoms with van der Waals surface area (Å²) in [4.78, 5) is 33.3. The highest BCUT2D eigenvalue weighted by atomic mass is 16.5. The number of esters is 1. The average Bonchev–Trinajstić information content (AvgIpc) is 3.43. The first-order valence-electron chi connectivity index (χ1n) is 11.3. The van der Waals surface area contributed by atoms with Crippen LogP contribution < -0.4 is 10.5 Å². The van der Waals surface area contributed by atoms with E-state index in [1.54, 1.807) is 11.2 Å². The summed E-state index contributed by atoms with van der Waals surface area (Å²) in [6.45, 7) is 5.09. The molecule has 2 aromatic rings. The smallest absolute Gasteiger partial charge is 0.338 e. The maximum absolute atomic E-state index is 12.9. The molecule has 0 atom stereocenters. The summed E-state index contributed by atoms with van der Waals surface area (Å²) < 4.78 is 5.09. The van der Waals surface area contributed by atoms with Crippen molar-refractivity contribution >= 4 is 17.6 Å².